The Morgan fingerprint density at radius 2 is 1.51 bits per heavy atom. The van der Waals surface area contributed by atoms with Gasteiger partial charge in [0.1, 0.15) is 47.4 Å². The molecule has 3 N–H and O–H groups in total. The Labute approximate surface area is 413 Å². The molecule has 2 aromatic rings. The number of amides is 1. The Kier molecular flexibility index (Phi) is 14.4. The molecule has 3 aliphatic carbocycles. The van der Waals surface area contributed by atoms with Gasteiger partial charge in [0, 0.05) is 30.6 Å². The molecule has 3 heterocycles. The summed E-state index contributed by atoms with van der Waals surface area (Å²) in [6, 6.07) is 10.4. The number of aliphatic hydroxyl groups excluding tert-OH is 1. The predicted octanol–water partition coefficient (Wildman–Crippen LogP) is 8.64. The molecule has 1 amide bonds. The topological polar surface area (TPSA) is 208 Å². The van der Waals surface area contributed by atoms with E-state index in [0.29, 0.717) is 11.1 Å². The normalized spacial score (nSPS) is 33.1. The maximum atomic E-state index is 15.7. The van der Waals surface area contributed by atoms with Crippen molar-refractivity contribution in [3.05, 3.63) is 71.2 Å². The summed E-state index contributed by atoms with van der Waals surface area (Å²) in [4.78, 5) is 57.5. The van der Waals surface area contributed by atoms with Gasteiger partial charge in [-0.25, -0.2) is 14.4 Å². The average molecular weight is 996 g/mol. The molecule has 0 unspecified atom stereocenters. The van der Waals surface area contributed by atoms with Crippen molar-refractivity contribution < 1.29 is 71.4 Å². The van der Waals surface area contributed by atoms with Gasteiger partial charge < -0.3 is 57.5 Å². The van der Waals surface area contributed by atoms with Crippen LogP contribution in [-0.4, -0.2) is 114 Å². The molecule has 2 bridgehead atoms. The zero-order chi connectivity index (χ0) is 51.9. The van der Waals surface area contributed by atoms with E-state index in [2.05, 4.69) is 46.9 Å². The van der Waals surface area contributed by atoms with Gasteiger partial charge in [-0.05, 0) is 93.6 Å². The average Bonchev–Trinajstić information content (AvgIpc) is 3.89. The molecule has 0 radical (unpaired) electrons. The number of fused-ring (bicyclic) bond motifs is 8. The first-order chi connectivity index (χ1) is 32.4. The maximum Gasteiger partial charge on any atom is 0.408 e. The summed E-state index contributed by atoms with van der Waals surface area (Å²) in [5.41, 5.74) is -6.23. The van der Waals surface area contributed by atoms with Gasteiger partial charge in [0.15, 0.2) is 17.5 Å². The molecule has 388 valence electrons. The van der Waals surface area contributed by atoms with Crippen molar-refractivity contribution in [2.45, 2.75) is 212 Å². The fourth-order valence-electron chi connectivity index (χ4n) is 13.2. The predicted molar refractivity (Wildman–Crippen MR) is 259 cm³/mol. The highest BCUT2D eigenvalue weighted by Gasteiger charge is 2.79. The van der Waals surface area contributed by atoms with Crippen molar-refractivity contribution in [3.8, 4) is 0 Å². The number of benzene rings is 1. The number of esters is 3. The third-order valence-corrected chi connectivity index (χ3v) is 22.3. The number of hydrogen-bond donors (Lipinski definition) is 3. The van der Waals surface area contributed by atoms with Crippen molar-refractivity contribution in [1.29, 1.82) is 0 Å². The Hall–Kier alpha value is -4.10. The molecule has 4 fully saturated rings. The van der Waals surface area contributed by atoms with Gasteiger partial charge in [-0.2, -0.15) is 0 Å². The van der Waals surface area contributed by atoms with E-state index in [4.69, 9.17) is 42.0 Å². The molecule has 2 aliphatic heterocycles. The number of furan rings is 1. The largest absolute Gasteiger partial charge is 0.467 e. The van der Waals surface area contributed by atoms with Crippen LogP contribution < -0.4 is 5.32 Å². The standard InChI is InChI=1S/C53H77NO15Si/c1-28(2)70(29(3)4,30(5)6)69-41(39(34-23-20-24-61-34)54-47(59)68-48(9,10)11)46(58)63-35-26-53(60)44(64-45(57)33-21-18-17-19-22-33)42-51(16,36(56)25-37-52(42,27-62-37)65-32(8)55)43-40(66-50(14,15)67-43)38(31(35)7)49(53,12)13/h17-24,28-30,35-37,39-44,56,60H,25-27H2,1-16H3,(H,54,59)/t35-,36-,37+,39-,40+,41+,42-,43+,44-,51+,52-,53+/m0/s1. The van der Waals surface area contributed by atoms with Crippen LogP contribution in [0.25, 0.3) is 0 Å². The summed E-state index contributed by atoms with van der Waals surface area (Å²) >= 11 is 0. The zero-order valence-electron chi connectivity index (χ0n) is 43.9. The van der Waals surface area contributed by atoms with E-state index in [1.807, 2.05) is 20.8 Å². The van der Waals surface area contributed by atoms with Crippen molar-refractivity contribution >= 4 is 32.3 Å². The van der Waals surface area contributed by atoms with Crippen LogP contribution >= 0.6 is 0 Å². The second-order valence-electron chi connectivity index (χ2n) is 23.4. The minimum Gasteiger partial charge on any atom is -0.467 e. The molecule has 70 heavy (non-hydrogen) atoms. The van der Waals surface area contributed by atoms with Crippen molar-refractivity contribution in [2.75, 3.05) is 6.61 Å². The van der Waals surface area contributed by atoms with Gasteiger partial charge >= 0.3 is 24.0 Å². The minimum absolute atomic E-state index is 0.0166. The first-order valence-corrected chi connectivity index (χ1v) is 27.0. The lowest BCUT2D eigenvalue weighted by molar-refractivity contribution is -0.362. The van der Waals surface area contributed by atoms with Gasteiger partial charge in [-0.3, -0.25) is 4.79 Å². The first-order valence-electron chi connectivity index (χ1n) is 24.8. The summed E-state index contributed by atoms with van der Waals surface area (Å²) < 4.78 is 58.8. The maximum absolute atomic E-state index is 15.7. The van der Waals surface area contributed by atoms with Gasteiger partial charge in [-0.15, -0.1) is 0 Å². The van der Waals surface area contributed by atoms with Crippen LogP contribution in [0.4, 0.5) is 4.79 Å². The van der Waals surface area contributed by atoms with Crippen LogP contribution in [0.1, 0.15) is 146 Å². The third kappa shape index (κ3) is 8.97. The third-order valence-electron chi connectivity index (χ3n) is 16.3. The number of carbonyl (C=O) groups excluding carboxylic acids is 4. The Bertz CT molecular complexity index is 2280. The highest BCUT2D eigenvalue weighted by Crippen LogP contribution is 2.67. The number of hydrogen-bond acceptors (Lipinski definition) is 15. The van der Waals surface area contributed by atoms with E-state index < -0.39 is 120 Å². The number of aliphatic hydroxyl groups is 2. The lowest BCUT2D eigenvalue weighted by atomic mass is 9.44. The van der Waals surface area contributed by atoms with Crippen molar-refractivity contribution in [2.24, 2.45) is 16.7 Å². The number of ether oxygens (including phenoxy) is 7. The summed E-state index contributed by atoms with van der Waals surface area (Å²) in [6.45, 7) is 29.6. The lowest BCUT2D eigenvalue weighted by Gasteiger charge is -2.68. The Balaban J connectivity index is 1.45. The van der Waals surface area contributed by atoms with Gasteiger partial charge in [0.2, 0.25) is 8.32 Å². The molecule has 2 saturated carbocycles. The fraction of sp³-hybridized carbons (Fsp3) is 0.698. The van der Waals surface area contributed by atoms with E-state index in [9.17, 15) is 24.6 Å². The molecular weight excluding hydrogens is 919 g/mol. The van der Waals surface area contributed by atoms with Gasteiger partial charge in [0.25, 0.3) is 0 Å². The molecule has 7 rings (SSSR count). The smallest absolute Gasteiger partial charge is 0.408 e. The van der Waals surface area contributed by atoms with E-state index in [0.717, 1.165) is 0 Å². The number of rotatable bonds is 13. The van der Waals surface area contributed by atoms with E-state index >= 15 is 4.79 Å². The quantitative estimate of drug-likeness (QED) is 0.0743. The highest BCUT2D eigenvalue weighted by molar-refractivity contribution is 6.77. The molecule has 0 spiro atoms. The Morgan fingerprint density at radius 3 is 2.04 bits per heavy atom. The second-order valence-corrected chi connectivity index (χ2v) is 28.8. The van der Waals surface area contributed by atoms with Crippen LogP contribution in [0.5, 0.6) is 0 Å². The van der Waals surface area contributed by atoms with Crippen LogP contribution in [0.3, 0.4) is 0 Å². The van der Waals surface area contributed by atoms with Crippen LogP contribution in [0, 0.1) is 16.7 Å². The summed E-state index contributed by atoms with van der Waals surface area (Å²) in [7, 11) is -3.01. The summed E-state index contributed by atoms with van der Waals surface area (Å²) in [5.74, 6) is -4.53. The summed E-state index contributed by atoms with van der Waals surface area (Å²) in [5, 5.41) is 29.7. The molecule has 1 aromatic heterocycles. The second kappa shape index (κ2) is 18.7. The molecule has 12 atom stereocenters. The molecular formula is C53H77NO15Si. The van der Waals surface area contributed by atoms with Crippen LogP contribution in [-0.2, 0) is 47.2 Å². The van der Waals surface area contributed by atoms with E-state index in [1.165, 1.54) is 13.2 Å². The number of nitrogens with one attached hydrogen (secondary N) is 1. The number of alkyl carbamates (subject to hydrolysis) is 1. The SMILES string of the molecule is CC(=O)O[C@@]12CO[C@@H]1C[C@H](O)[C@@]1(C)[C@@H]3OC(C)(C)O[C@@H]3C3=C(C)[C@@H](OC(=O)[C@H](O[Si](C(C)C)(C(C)C)C(C)C)[C@@H](NC(=O)OC(C)(C)C)c4ccco4)C[C@@](O)([C@@H](OC(=O)c4ccccc4)[C@H]21)C3(C)C. The van der Waals surface area contributed by atoms with Gasteiger partial charge in [0.05, 0.1) is 36.6 Å². The molecule has 2 saturated heterocycles. The highest BCUT2D eigenvalue weighted by atomic mass is 28.4. The van der Waals surface area contributed by atoms with Crippen LogP contribution in [0.2, 0.25) is 16.6 Å². The molecule has 16 nitrogen and oxygen atoms in total. The summed E-state index contributed by atoms with van der Waals surface area (Å²) in [6.07, 6.45) is -8.09. The minimum atomic E-state index is -3.01. The molecule has 1 aromatic carbocycles. The molecule has 17 heteroatoms. The Morgan fingerprint density at radius 1 is 0.886 bits per heavy atom. The lowest BCUT2D eigenvalue weighted by Crippen LogP contribution is -2.82. The zero-order valence-corrected chi connectivity index (χ0v) is 44.9. The van der Waals surface area contributed by atoms with Crippen molar-refractivity contribution in [1.82, 2.24) is 5.32 Å². The van der Waals surface area contributed by atoms with Gasteiger partial charge in [-0.1, -0.05) is 80.5 Å². The first kappa shape index (κ1) is 53.7. The molecule has 5 aliphatic rings. The van der Waals surface area contributed by atoms with Crippen LogP contribution in [0.15, 0.2) is 64.3 Å². The van der Waals surface area contributed by atoms with Crippen molar-refractivity contribution in [3.63, 3.8) is 0 Å². The number of carbonyl (C=O) groups is 4. The fourth-order valence-corrected chi connectivity index (χ4v) is 18.7. The van der Waals surface area contributed by atoms with E-state index in [1.54, 1.807) is 84.0 Å². The monoisotopic (exact) mass is 996 g/mol. The van der Waals surface area contributed by atoms with E-state index in [-0.39, 0.29) is 47.4 Å².